The van der Waals surface area contributed by atoms with Crippen LogP contribution in [0.5, 0.6) is 0 Å². The molecule has 212 valence electrons. The Hall–Kier alpha value is -3.13. The summed E-state index contributed by atoms with van der Waals surface area (Å²) < 4.78 is 2.06. The fraction of sp³-hybridized carbons (Fsp3) is 0.567. The molecule has 3 N–H and O–H groups in total. The highest BCUT2D eigenvalue weighted by Crippen LogP contribution is 2.34. The molecule has 2 unspecified atom stereocenters. The van der Waals surface area contributed by atoms with Gasteiger partial charge in [-0.3, -0.25) is 9.59 Å². The lowest BCUT2D eigenvalue weighted by Gasteiger charge is -2.38. The van der Waals surface area contributed by atoms with E-state index in [1.165, 1.54) is 24.3 Å². The Morgan fingerprint density at radius 1 is 1.08 bits per heavy atom. The predicted octanol–water partition coefficient (Wildman–Crippen LogP) is 4.48. The number of carbonyl (C=O) groups excluding carboxylic acids is 2. The molecule has 1 aromatic heterocycles. The van der Waals surface area contributed by atoms with Gasteiger partial charge in [0, 0.05) is 48.7 Å². The maximum atomic E-state index is 13.6. The molecule has 0 bridgehead atoms. The summed E-state index contributed by atoms with van der Waals surface area (Å²) >= 11 is 0. The molecule has 0 aliphatic carbocycles. The van der Waals surface area contributed by atoms with Gasteiger partial charge >= 0.3 is 5.97 Å². The Balaban J connectivity index is 0.00000229. The molecule has 2 amide bonds. The van der Waals surface area contributed by atoms with Crippen molar-refractivity contribution in [2.75, 3.05) is 20.6 Å². The minimum Gasteiger partial charge on any atom is -0.478 e. The van der Waals surface area contributed by atoms with Crippen LogP contribution in [0.4, 0.5) is 0 Å². The number of carbonyl (C=O) groups is 3. The summed E-state index contributed by atoms with van der Waals surface area (Å²) in [4.78, 5) is 39.5. The molecular formula is C30H48N4O4. The highest BCUT2D eigenvalue weighted by Gasteiger charge is 2.41. The molecular weight excluding hydrogens is 480 g/mol. The van der Waals surface area contributed by atoms with Gasteiger partial charge in [-0.1, -0.05) is 79.2 Å². The van der Waals surface area contributed by atoms with E-state index in [1.807, 2.05) is 59.9 Å². The first kappa shape index (κ1) is 32.9. The SMILES string of the molecule is CCC.CNC(C(=O)NC(C(=O)N(C)C/C=C(\C)C(=O)O)C(C)(C)C)C(C)(C)c1cn(C)c2ccccc12. The van der Waals surface area contributed by atoms with Crippen LogP contribution in [0.15, 0.2) is 42.1 Å². The Bertz CT molecular complexity index is 1140. The van der Waals surface area contributed by atoms with Crippen LogP contribution < -0.4 is 10.6 Å². The molecule has 1 aromatic carbocycles. The van der Waals surface area contributed by atoms with E-state index < -0.39 is 28.9 Å². The summed E-state index contributed by atoms with van der Waals surface area (Å²) in [5, 5.41) is 16.3. The fourth-order valence-corrected chi connectivity index (χ4v) is 4.38. The minimum absolute atomic E-state index is 0.135. The monoisotopic (exact) mass is 528 g/mol. The second kappa shape index (κ2) is 13.6. The van der Waals surface area contributed by atoms with Crippen LogP contribution in [0, 0.1) is 5.41 Å². The number of hydrogen-bond acceptors (Lipinski definition) is 4. The maximum Gasteiger partial charge on any atom is 0.331 e. The molecule has 0 spiro atoms. The molecule has 8 nitrogen and oxygen atoms in total. The standard InChI is InChI=1S/C27H40N4O4.C3H8/c1-17(25(34)35)14-15-30(8)24(33)22(26(2,3)4)29-23(32)21(28-7)27(5,6)19-16-31(9)20-13-11-10-12-18(19)20;1-3-2/h10-14,16,21-22,28H,15H2,1-9H3,(H,29,32)(H,34,35);3H2,1-2H3/b17-14+;. The smallest absolute Gasteiger partial charge is 0.331 e. The van der Waals surface area contributed by atoms with E-state index in [0.717, 1.165) is 16.5 Å². The Labute approximate surface area is 228 Å². The van der Waals surface area contributed by atoms with Gasteiger partial charge in [0.1, 0.15) is 6.04 Å². The van der Waals surface area contributed by atoms with Gasteiger partial charge in [0.2, 0.25) is 11.8 Å². The zero-order chi connectivity index (χ0) is 29.4. The number of nitrogens with one attached hydrogen (secondary N) is 2. The quantitative estimate of drug-likeness (QED) is 0.417. The predicted molar refractivity (Wildman–Crippen MR) is 155 cm³/mol. The van der Waals surface area contributed by atoms with Crippen molar-refractivity contribution in [1.29, 1.82) is 0 Å². The van der Waals surface area contributed by atoms with Crippen molar-refractivity contribution < 1.29 is 19.5 Å². The first-order chi connectivity index (χ1) is 17.5. The summed E-state index contributed by atoms with van der Waals surface area (Å²) in [6.07, 6.45) is 4.79. The molecule has 0 fully saturated rings. The number of nitrogens with zero attached hydrogens (tertiary/aromatic N) is 2. The minimum atomic E-state index is -1.03. The number of aliphatic carboxylic acids is 1. The van der Waals surface area contributed by atoms with Crippen molar-refractivity contribution in [3.8, 4) is 0 Å². The van der Waals surface area contributed by atoms with Gasteiger partial charge in [-0.2, -0.15) is 0 Å². The fourth-order valence-electron chi connectivity index (χ4n) is 4.38. The Morgan fingerprint density at radius 3 is 2.13 bits per heavy atom. The number of hydrogen-bond donors (Lipinski definition) is 3. The summed E-state index contributed by atoms with van der Waals surface area (Å²) in [6, 6.07) is 6.68. The van der Waals surface area contributed by atoms with Crippen LogP contribution in [0.1, 0.15) is 67.4 Å². The lowest BCUT2D eigenvalue weighted by Crippen LogP contribution is -2.60. The molecule has 38 heavy (non-hydrogen) atoms. The molecule has 2 aromatic rings. The van der Waals surface area contributed by atoms with E-state index in [1.54, 1.807) is 14.1 Å². The average molecular weight is 529 g/mol. The molecule has 8 heteroatoms. The number of aryl methyl sites for hydroxylation is 1. The number of aromatic nitrogens is 1. The third-order valence-corrected chi connectivity index (χ3v) is 6.65. The van der Waals surface area contributed by atoms with Crippen molar-refractivity contribution in [2.45, 2.75) is 79.3 Å². The number of para-hydroxylation sites is 1. The molecule has 0 aliphatic rings. The number of fused-ring (bicyclic) bond motifs is 1. The lowest BCUT2D eigenvalue weighted by atomic mass is 9.76. The summed E-state index contributed by atoms with van der Waals surface area (Å²) in [5.74, 6) is -1.58. The van der Waals surface area contributed by atoms with Crippen LogP contribution in [0.3, 0.4) is 0 Å². The first-order valence-electron chi connectivity index (χ1n) is 13.2. The van der Waals surface area contributed by atoms with Gasteiger partial charge in [-0.05, 0) is 31.0 Å². The Morgan fingerprint density at radius 2 is 1.63 bits per heavy atom. The summed E-state index contributed by atoms with van der Waals surface area (Å²) in [6.45, 7) is 15.6. The van der Waals surface area contributed by atoms with Gasteiger partial charge in [0.15, 0.2) is 0 Å². The largest absolute Gasteiger partial charge is 0.478 e. The Kier molecular flexibility index (Phi) is 11.8. The van der Waals surface area contributed by atoms with Gasteiger partial charge < -0.3 is 25.2 Å². The highest BCUT2D eigenvalue weighted by atomic mass is 16.4. The third-order valence-electron chi connectivity index (χ3n) is 6.65. The van der Waals surface area contributed by atoms with E-state index in [0.29, 0.717) is 0 Å². The van der Waals surface area contributed by atoms with Crippen LogP contribution >= 0.6 is 0 Å². The third kappa shape index (κ3) is 7.93. The molecule has 0 saturated carbocycles. The van der Waals surface area contributed by atoms with Crippen LogP contribution in [-0.4, -0.2) is 65.1 Å². The molecule has 2 rings (SSSR count). The highest BCUT2D eigenvalue weighted by molar-refractivity contribution is 5.93. The van der Waals surface area contributed by atoms with Gasteiger partial charge in [0.05, 0.1) is 6.04 Å². The second-order valence-electron chi connectivity index (χ2n) is 11.5. The van der Waals surface area contributed by atoms with E-state index >= 15 is 0 Å². The zero-order valence-corrected chi connectivity index (χ0v) is 25.1. The molecule has 2 atom stereocenters. The van der Waals surface area contributed by atoms with Crippen molar-refractivity contribution >= 4 is 28.7 Å². The van der Waals surface area contributed by atoms with Crippen molar-refractivity contribution in [3.05, 3.63) is 47.7 Å². The van der Waals surface area contributed by atoms with Crippen LogP contribution in [-0.2, 0) is 26.8 Å². The number of carboxylic acids is 1. The van der Waals surface area contributed by atoms with E-state index in [9.17, 15) is 14.4 Å². The number of benzene rings is 1. The van der Waals surface area contributed by atoms with Crippen molar-refractivity contribution in [2.24, 2.45) is 12.5 Å². The number of carboxylic acid groups (broad SMARTS) is 1. The summed E-state index contributed by atoms with van der Waals surface area (Å²) in [5.41, 5.74) is 1.13. The number of likely N-dealkylation sites (N-methyl/N-ethyl adjacent to an activating group) is 2. The van der Waals surface area contributed by atoms with Crippen molar-refractivity contribution in [1.82, 2.24) is 20.1 Å². The topological polar surface area (TPSA) is 104 Å². The van der Waals surface area contributed by atoms with Gasteiger partial charge in [-0.25, -0.2) is 4.79 Å². The van der Waals surface area contributed by atoms with E-state index in [4.69, 9.17) is 5.11 Å². The average Bonchev–Trinajstić information content (AvgIpc) is 3.17. The van der Waals surface area contributed by atoms with E-state index in [-0.39, 0.29) is 23.9 Å². The molecule has 0 saturated heterocycles. The normalized spacial score (nSPS) is 13.8. The van der Waals surface area contributed by atoms with Crippen LogP contribution in [0.25, 0.3) is 10.9 Å². The number of rotatable bonds is 9. The zero-order valence-electron chi connectivity index (χ0n) is 25.1. The first-order valence-corrected chi connectivity index (χ1v) is 13.2. The maximum absolute atomic E-state index is 13.6. The molecule has 0 aliphatic heterocycles. The molecule has 0 radical (unpaired) electrons. The summed E-state index contributed by atoms with van der Waals surface area (Å²) in [7, 11) is 5.34. The van der Waals surface area contributed by atoms with Crippen LogP contribution in [0.2, 0.25) is 0 Å². The number of amides is 2. The second-order valence-corrected chi connectivity index (χ2v) is 11.5. The molecule has 1 heterocycles. The van der Waals surface area contributed by atoms with E-state index in [2.05, 4.69) is 41.3 Å². The van der Waals surface area contributed by atoms with Crippen molar-refractivity contribution in [3.63, 3.8) is 0 Å². The lowest BCUT2D eigenvalue weighted by molar-refractivity contribution is -0.139. The van der Waals surface area contributed by atoms with Gasteiger partial charge in [-0.15, -0.1) is 0 Å². The van der Waals surface area contributed by atoms with Gasteiger partial charge in [0.25, 0.3) is 0 Å².